The van der Waals surface area contributed by atoms with Gasteiger partial charge in [0.2, 0.25) is 5.78 Å². The van der Waals surface area contributed by atoms with E-state index in [9.17, 15) is 14.0 Å². The Bertz CT molecular complexity index is 1090. The molecule has 2 aromatic carbocycles. The Morgan fingerprint density at radius 2 is 1.83 bits per heavy atom. The first-order valence-electron chi connectivity index (χ1n) is 9.12. The van der Waals surface area contributed by atoms with Crippen LogP contribution in [0.25, 0.3) is 0 Å². The van der Waals surface area contributed by atoms with Gasteiger partial charge in [-0.2, -0.15) is 5.10 Å². The van der Waals surface area contributed by atoms with Crippen LogP contribution in [0.4, 0.5) is 4.39 Å². The van der Waals surface area contributed by atoms with Crippen molar-refractivity contribution in [2.45, 2.75) is 20.4 Å². The molecular formula is C22H20ClFN2O4. The number of carbonyl (C=O) groups is 2. The molecule has 0 amide bonds. The first kappa shape index (κ1) is 21.5. The summed E-state index contributed by atoms with van der Waals surface area (Å²) in [7, 11) is 1.36. The molecule has 0 fully saturated rings. The second-order valence-corrected chi connectivity index (χ2v) is 7.10. The summed E-state index contributed by atoms with van der Waals surface area (Å²) < 4.78 is 25.1. The normalized spacial score (nSPS) is 10.7. The summed E-state index contributed by atoms with van der Waals surface area (Å²) in [5.74, 6) is -1.78. The van der Waals surface area contributed by atoms with E-state index in [-0.39, 0.29) is 22.0 Å². The van der Waals surface area contributed by atoms with Gasteiger partial charge in [0, 0.05) is 0 Å². The van der Waals surface area contributed by atoms with Crippen molar-refractivity contribution in [1.29, 1.82) is 0 Å². The number of esters is 1. The van der Waals surface area contributed by atoms with Gasteiger partial charge in [-0.25, -0.2) is 13.9 Å². The smallest absolute Gasteiger partial charge is 0.343 e. The van der Waals surface area contributed by atoms with E-state index in [1.165, 1.54) is 23.9 Å². The number of rotatable bonds is 7. The third-order valence-electron chi connectivity index (χ3n) is 4.52. The first-order valence-corrected chi connectivity index (χ1v) is 9.50. The zero-order valence-electron chi connectivity index (χ0n) is 16.7. The number of nitrogens with zero attached hydrogens (tertiary/aromatic N) is 2. The van der Waals surface area contributed by atoms with Crippen LogP contribution in [0.1, 0.15) is 37.5 Å². The number of hydrogen-bond acceptors (Lipinski definition) is 5. The van der Waals surface area contributed by atoms with Crippen LogP contribution in [-0.2, 0) is 11.3 Å². The molecule has 0 spiro atoms. The Kier molecular flexibility index (Phi) is 6.52. The summed E-state index contributed by atoms with van der Waals surface area (Å²) >= 11 is 6.35. The first-order chi connectivity index (χ1) is 14.3. The molecule has 1 aromatic heterocycles. The summed E-state index contributed by atoms with van der Waals surface area (Å²) in [4.78, 5) is 24.9. The maximum Gasteiger partial charge on any atom is 0.343 e. The highest BCUT2D eigenvalue weighted by Crippen LogP contribution is 2.23. The summed E-state index contributed by atoms with van der Waals surface area (Å²) in [5.41, 5.74) is 2.56. The highest BCUT2D eigenvalue weighted by atomic mass is 35.5. The SMILES string of the molecule is COc1ccc(F)cc1C(=O)COC(=O)c1c(C)nn(Cc2ccc(C)cc2)c1Cl. The molecular weight excluding hydrogens is 411 g/mol. The van der Waals surface area contributed by atoms with Crippen molar-refractivity contribution in [3.8, 4) is 5.75 Å². The average Bonchev–Trinajstić information content (AvgIpc) is 3.00. The van der Waals surface area contributed by atoms with Crippen LogP contribution in [0.5, 0.6) is 5.75 Å². The van der Waals surface area contributed by atoms with Crippen LogP contribution in [0.2, 0.25) is 5.15 Å². The predicted octanol–water partition coefficient (Wildman–Crippen LogP) is 4.39. The fourth-order valence-corrected chi connectivity index (χ4v) is 3.25. The predicted molar refractivity (Wildman–Crippen MR) is 110 cm³/mol. The van der Waals surface area contributed by atoms with E-state index in [1.807, 2.05) is 31.2 Å². The van der Waals surface area contributed by atoms with Gasteiger partial charge in [0.1, 0.15) is 22.3 Å². The fraction of sp³-hybridized carbons (Fsp3) is 0.227. The van der Waals surface area contributed by atoms with E-state index in [2.05, 4.69) is 5.10 Å². The molecule has 0 N–H and O–H groups in total. The van der Waals surface area contributed by atoms with Gasteiger partial charge in [-0.3, -0.25) is 4.79 Å². The van der Waals surface area contributed by atoms with Gasteiger partial charge in [-0.1, -0.05) is 41.4 Å². The highest BCUT2D eigenvalue weighted by molar-refractivity contribution is 6.32. The second kappa shape index (κ2) is 9.09. The molecule has 0 saturated heterocycles. The Morgan fingerprint density at radius 1 is 1.13 bits per heavy atom. The quantitative estimate of drug-likeness (QED) is 0.410. The Balaban J connectivity index is 1.73. The lowest BCUT2D eigenvalue weighted by atomic mass is 10.1. The lowest BCUT2D eigenvalue weighted by molar-refractivity contribution is 0.0473. The van der Waals surface area contributed by atoms with Crippen LogP contribution in [-0.4, -0.2) is 35.2 Å². The number of benzene rings is 2. The lowest BCUT2D eigenvalue weighted by Crippen LogP contribution is -2.16. The summed E-state index contributed by atoms with van der Waals surface area (Å²) in [6.45, 7) is 3.42. The Morgan fingerprint density at radius 3 is 2.50 bits per heavy atom. The van der Waals surface area contributed by atoms with Gasteiger partial charge in [0.15, 0.2) is 6.61 Å². The molecule has 0 atom stereocenters. The number of Topliss-reactive ketones (excluding diaryl/α,β-unsaturated/α-hetero) is 1. The van der Waals surface area contributed by atoms with Gasteiger partial charge >= 0.3 is 5.97 Å². The number of aryl methyl sites for hydroxylation is 2. The number of ether oxygens (including phenoxy) is 2. The monoisotopic (exact) mass is 430 g/mol. The second-order valence-electron chi connectivity index (χ2n) is 6.74. The zero-order chi connectivity index (χ0) is 21.8. The minimum absolute atomic E-state index is 0.0109. The van der Waals surface area contributed by atoms with Crippen LogP contribution in [0.3, 0.4) is 0 Å². The van der Waals surface area contributed by atoms with Crippen molar-refractivity contribution in [3.63, 3.8) is 0 Å². The van der Waals surface area contributed by atoms with Gasteiger partial charge in [0.25, 0.3) is 0 Å². The van der Waals surface area contributed by atoms with Gasteiger partial charge in [-0.15, -0.1) is 0 Å². The van der Waals surface area contributed by atoms with E-state index in [4.69, 9.17) is 21.1 Å². The van der Waals surface area contributed by atoms with E-state index in [0.29, 0.717) is 12.2 Å². The zero-order valence-corrected chi connectivity index (χ0v) is 17.5. The molecule has 0 unspecified atom stereocenters. The Hall–Kier alpha value is -3.19. The van der Waals surface area contributed by atoms with Crippen LogP contribution < -0.4 is 4.74 Å². The number of carbonyl (C=O) groups excluding carboxylic acids is 2. The largest absolute Gasteiger partial charge is 0.496 e. The van der Waals surface area contributed by atoms with Crippen molar-refractivity contribution < 1.29 is 23.5 Å². The topological polar surface area (TPSA) is 70.4 Å². The maximum atomic E-state index is 13.5. The van der Waals surface area contributed by atoms with Crippen LogP contribution >= 0.6 is 11.6 Å². The molecule has 156 valence electrons. The lowest BCUT2D eigenvalue weighted by Gasteiger charge is -2.08. The molecule has 0 bridgehead atoms. The molecule has 1 heterocycles. The van der Waals surface area contributed by atoms with E-state index >= 15 is 0 Å². The molecule has 0 aliphatic heterocycles. The number of hydrogen-bond donors (Lipinski definition) is 0. The molecule has 3 aromatic rings. The molecule has 30 heavy (non-hydrogen) atoms. The van der Waals surface area contributed by atoms with Crippen LogP contribution in [0, 0.1) is 19.7 Å². The molecule has 0 radical (unpaired) electrons. The molecule has 8 heteroatoms. The molecule has 0 saturated carbocycles. The minimum atomic E-state index is -0.781. The summed E-state index contributed by atoms with van der Waals surface area (Å²) in [6.07, 6.45) is 0. The third kappa shape index (κ3) is 4.68. The van der Waals surface area contributed by atoms with Crippen molar-refractivity contribution in [2.24, 2.45) is 0 Å². The van der Waals surface area contributed by atoms with Crippen molar-refractivity contribution in [1.82, 2.24) is 9.78 Å². The van der Waals surface area contributed by atoms with Gasteiger partial charge in [-0.05, 0) is 37.6 Å². The summed E-state index contributed by atoms with van der Waals surface area (Å²) in [6, 6.07) is 11.4. The Labute approximate surface area is 178 Å². The van der Waals surface area contributed by atoms with Crippen molar-refractivity contribution in [2.75, 3.05) is 13.7 Å². The number of aromatic nitrogens is 2. The van der Waals surface area contributed by atoms with Gasteiger partial charge < -0.3 is 9.47 Å². The third-order valence-corrected chi connectivity index (χ3v) is 4.90. The van der Waals surface area contributed by atoms with Crippen LogP contribution in [0.15, 0.2) is 42.5 Å². The minimum Gasteiger partial charge on any atom is -0.496 e. The van der Waals surface area contributed by atoms with Crippen molar-refractivity contribution in [3.05, 3.63) is 81.4 Å². The number of halogens is 2. The van der Waals surface area contributed by atoms with Crippen molar-refractivity contribution >= 4 is 23.4 Å². The maximum absolute atomic E-state index is 13.5. The van der Waals surface area contributed by atoms with E-state index < -0.39 is 24.2 Å². The number of methoxy groups -OCH3 is 1. The molecule has 0 aliphatic rings. The van der Waals surface area contributed by atoms with Gasteiger partial charge in [0.05, 0.1) is 24.9 Å². The highest BCUT2D eigenvalue weighted by Gasteiger charge is 2.23. The average molecular weight is 431 g/mol. The molecule has 0 aliphatic carbocycles. The molecule has 3 rings (SSSR count). The fourth-order valence-electron chi connectivity index (χ4n) is 2.94. The standard InChI is InChI=1S/C22H20ClFN2O4/c1-13-4-6-15(7-5-13)11-26-21(23)20(14(2)25-26)22(28)30-12-18(27)17-10-16(24)8-9-19(17)29-3/h4-10H,11-12H2,1-3H3. The van der Waals surface area contributed by atoms with E-state index in [1.54, 1.807) is 6.92 Å². The summed E-state index contributed by atoms with van der Waals surface area (Å²) in [5, 5.41) is 4.42. The van der Waals surface area contributed by atoms with E-state index in [0.717, 1.165) is 17.2 Å². The molecule has 6 nitrogen and oxygen atoms in total. The number of ketones is 1.